The summed E-state index contributed by atoms with van der Waals surface area (Å²) in [5.41, 5.74) is 4.63. The molecule has 0 saturated carbocycles. The van der Waals surface area contributed by atoms with Crippen molar-refractivity contribution >= 4 is 34.4 Å². The molecule has 3 aromatic rings. The molecule has 2 amide bonds. The summed E-state index contributed by atoms with van der Waals surface area (Å²) in [5, 5.41) is 0.900. The zero-order valence-electron chi connectivity index (χ0n) is 18.5. The van der Waals surface area contributed by atoms with Crippen LogP contribution in [-0.2, 0) is 11.2 Å². The maximum absolute atomic E-state index is 13.8. The minimum atomic E-state index is 0.0366. The number of hydrogen-bond donors (Lipinski definition) is 0. The number of rotatable bonds is 2. The Morgan fingerprint density at radius 2 is 1.78 bits per heavy atom. The van der Waals surface area contributed by atoms with E-state index >= 15 is 0 Å². The first kappa shape index (κ1) is 20.5. The van der Waals surface area contributed by atoms with Crippen molar-refractivity contribution in [3.05, 3.63) is 65.2 Å². The highest BCUT2D eigenvalue weighted by Gasteiger charge is 2.31. The molecule has 5 rings (SSSR count). The summed E-state index contributed by atoms with van der Waals surface area (Å²) in [4.78, 5) is 34.3. The molecule has 6 heteroatoms. The number of nitrogens with zero attached hydrogens (tertiary/aromatic N) is 3. The monoisotopic (exact) mass is 429 g/mol. The van der Waals surface area contributed by atoms with E-state index in [1.165, 1.54) is 0 Å². The number of pyridine rings is 1. The molecule has 32 heavy (non-hydrogen) atoms. The molecular formula is C26H27N3O3. The van der Waals surface area contributed by atoms with Crippen LogP contribution in [0.25, 0.3) is 22.6 Å². The lowest BCUT2D eigenvalue weighted by atomic mass is 9.80. The van der Waals surface area contributed by atoms with Crippen molar-refractivity contribution in [1.82, 2.24) is 14.8 Å². The van der Waals surface area contributed by atoms with Crippen LogP contribution < -0.4 is 0 Å². The van der Waals surface area contributed by atoms with E-state index in [1.54, 1.807) is 18.1 Å². The Bertz CT molecular complexity index is 1200. The van der Waals surface area contributed by atoms with Crippen molar-refractivity contribution in [2.45, 2.75) is 26.7 Å². The smallest absolute Gasteiger partial charge is 0.255 e. The lowest BCUT2D eigenvalue weighted by Gasteiger charge is -2.35. The molecule has 164 valence electrons. The highest BCUT2D eigenvalue weighted by molar-refractivity contribution is 6.09. The predicted molar refractivity (Wildman–Crippen MR) is 124 cm³/mol. The molecule has 1 saturated heterocycles. The molecular weight excluding hydrogens is 402 g/mol. The van der Waals surface area contributed by atoms with Crippen LogP contribution in [0.5, 0.6) is 0 Å². The zero-order valence-corrected chi connectivity index (χ0v) is 18.5. The Kier molecular flexibility index (Phi) is 5.29. The first-order valence-electron chi connectivity index (χ1n) is 11.2. The molecule has 1 unspecified atom stereocenters. The second-order valence-electron chi connectivity index (χ2n) is 8.83. The molecule has 0 spiro atoms. The molecule has 2 aliphatic rings. The number of aromatic nitrogens is 1. The molecule has 1 aliphatic carbocycles. The van der Waals surface area contributed by atoms with Gasteiger partial charge in [-0.05, 0) is 54.2 Å². The quantitative estimate of drug-likeness (QED) is 0.611. The van der Waals surface area contributed by atoms with Crippen molar-refractivity contribution in [2.24, 2.45) is 5.92 Å². The van der Waals surface area contributed by atoms with Gasteiger partial charge in [0.25, 0.3) is 5.91 Å². The lowest BCUT2D eigenvalue weighted by Crippen LogP contribution is -2.50. The van der Waals surface area contributed by atoms with Gasteiger partial charge in [-0.1, -0.05) is 25.1 Å². The van der Waals surface area contributed by atoms with E-state index in [1.807, 2.05) is 41.3 Å². The third-order valence-corrected chi connectivity index (χ3v) is 6.50. The van der Waals surface area contributed by atoms with Crippen LogP contribution in [0.4, 0.5) is 0 Å². The van der Waals surface area contributed by atoms with Crippen molar-refractivity contribution in [1.29, 1.82) is 0 Å². The van der Waals surface area contributed by atoms with Crippen molar-refractivity contribution < 1.29 is 14.0 Å². The number of allylic oxidation sites excluding steroid dienone is 1. The number of para-hydroxylation sites is 1. The average Bonchev–Trinajstić information content (AvgIpc) is 3.30. The van der Waals surface area contributed by atoms with E-state index in [-0.39, 0.29) is 11.8 Å². The summed E-state index contributed by atoms with van der Waals surface area (Å²) in [6, 6.07) is 11.7. The first-order valence-corrected chi connectivity index (χ1v) is 11.2. The maximum atomic E-state index is 13.8. The Morgan fingerprint density at radius 1 is 1.03 bits per heavy atom. The molecule has 1 aromatic carbocycles. The van der Waals surface area contributed by atoms with Crippen molar-refractivity contribution in [3.63, 3.8) is 0 Å². The van der Waals surface area contributed by atoms with Gasteiger partial charge in [-0.25, -0.2) is 4.98 Å². The number of carbonyl (C=O) groups is 2. The van der Waals surface area contributed by atoms with Crippen LogP contribution in [0.2, 0.25) is 0 Å². The number of carbonyl (C=O) groups excluding carboxylic acids is 2. The number of furan rings is 1. The minimum absolute atomic E-state index is 0.0366. The Balaban J connectivity index is 1.62. The number of fused-ring (bicyclic) bond motifs is 2. The van der Waals surface area contributed by atoms with E-state index in [0.29, 0.717) is 32.1 Å². The van der Waals surface area contributed by atoms with E-state index in [0.717, 1.165) is 51.9 Å². The average molecular weight is 430 g/mol. The molecule has 3 heterocycles. The fourth-order valence-corrected chi connectivity index (χ4v) is 4.91. The van der Waals surface area contributed by atoms with Gasteiger partial charge in [0.2, 0.25) is 5.91 Å². The van der Waals surface area contributed by atoms with E-state index < -0.39 is 0 Å². The Morgan fingerprint density at radius 3 is 2.50 bits per heavy atom. The molecule has 0 radical (unpaired) electrons. The van der Waals surface area contributed by atoms with Gasteiger partial charge < -0.3 is 14.2 Å². The van der Waals surface area contributed by atoms with Gasteiger partial charge in [0.15, 0.2) is 0 Å². The summed E-state index contributed by atoms with van der Waals surface area (Å²) in [5.74, 6) is 1.29. The molecule has 0 bridgehead atoms. The SMILES string of the molecule is CC(=O)N1CCN(C(=O)c2c3c(nc4ccccc24)/C(=C/c2ccco2)CC(C)C3)CC1. The second kappa shape index (κ2) is 8.26. The number of benzene rings is 1. The molecule has 6 nitrogen and oxygen atoms in total. The molecule has 1 aliphatic heterocycles. The third kappa shape index (κ3) is 3.70. The highest BCUT2D eigenvalue weighted by Crippen LogP contribution is 2.39. The van der Waals surface area contributed by atoms with Gasteiger partial charge in [-0.3, -0.25) is 9.59 Å². The van der Waals surface area contributed by atoms with Crippen LogP contribution in [0.15, 0.2) is 47.1 Å². The van der Waals surface area contributed by atoms with Gasteiger partial charge in [-0.2, -0.15) is 0 Å². The number of amides is 2. The van der Waals surface area contributed by atoms with Gasteiger partial charge in [0.1, 0.15) is 5.76 Å². The van der Waals surface area contributed by atoms with Gasteiger partial charge in [0.05, 0.1) is 23.0 Å². The summed E-state index contributed by atoms with van der Waals surface area (Å²) < 4.78 is 5.56. The number of hydrogen-bond acceptors (Lipinski definition) is 4. The van der Waals surface area contributed by atoms with Crippen LogP contribution in [0, 0.1) is 5.92 Å². The van der Waals surface area contributed by atoms with Crippen LogP contribution in [0.1, 0.15) is 47.6 Å². The molecule has 1 fully saturated rings. The summed E-state index contributed by atoms with van der Waals surface area (Å²) in [7, 11) is 0. The van der Waals surface area contributed by atoms with Gasteiger partial charge >= 0.3 is 0 Å². The topological polar surface area (TPSA) is 66.7 Å². The van der Waals surface area contributed by atoms with Crippen LogP contribution in [0.3, 0.4) is 0 Å². The summed E-state index contributed by atoms with van der Waals surface area (Å²) >= 11 is 0. The van der Waals surface area contributed by atoms with Crippen molar-refractivity contribution in [2.75, 3.05) is 26.2 Å². The third-order valence-electron chi connectivity index (χ3n) is 6.50. The number of piperazine rings is 1. The van der Waals surface area contributed by atoms with Gasteiger partial charge in [0, 0.05) is 38.5 Å². The zero-order chi connectivity index (χ0) is 22.2. The molecule has 2 aromatic heterocycles. The normalized spacial score (nSPS) is 19.9. The van der Waals surface area contributed by atoms with Crippen LogP contribution >= 0.6 is 0 Å². The largest absolute Gasteiger partial charge is 0.465 e. The summed E-state index contributed by atoms with van der Waals surface area (Å²) in [6.45, 7) is 6.05. The molecule has 1 atom stereocenters. The van der Waals surface area contributed by atoms with E-state index in [4.69, 9.17) is 9.40 Å². The van der Waals surface area contributed by atoms with E-state index in [2.05, 4.69) is 13.0 Å². The lowest BCUT2D eigenvalue weighted by molar-refractivity contribution is -0.130. The fourth-order valence-electron chi connectivity index (χ4n) is 4.91. The Hall–Kier alpha value is -3.41. The maximum Gasteiger partial charge on any atom is 0.255 e. The second-order valence-corrected chi connectivity index (χ2v) is 8.83. The first-order chi connectivity index (χ1) is 15.5. The summed E-state index contributed by atoms with van der Waals surface area (Å²) in [6.07, 6.45) is 5.43. The molecule has 0 N–H and O–H groups in total. The highest BCUT2D eigenvalue weighted by atomic mass is 16.3. The van der Waals surface area contributed by atoms with Gasteiger partial charge in [-0.15, -0.1) is 0 Å². The predicted octanol–water partition coefficient (Wildman–Crippen LogP) is 4.26. The minimum Gasteiger partial charge on any atom is -0.465 e. The van der Waals surface area contributed by atoms with E-state index in [9.17, 15) is 9.59 Å². The van der Waals surface area contributed by atoms with Crippen molar-refractivity contribution in [3.8, 4) is 0 Å². The Labute approximate surface area is 187 Å². The van der Waals surface area contributed by atoms with Crippen LogP contribution in [-0.4, -0.2) is 52.8 Å². The fraction of sp³-hybridized carbons (Fsp3) is 0.346. The standard InChI is InChI=1S/C26H27N3O3/c1-17-14-19(16-20-6-5-13-32-20)25-22(15-17)24(21-7-3-4-8-23(21)27-25)26(31)29-11-9-28(10-12-29)18(2)30/h3-8,13,16-17H,9-12,14-15H2,1-2H3/b19-16+.